The number of nitrogens with zero attached hydrogens (tertiary/aromatic N) is 1. The summed E-state index contributed by atoms with van der Waals surface area (Å²) in [6.45, 7) is 5.38. The van der Waals surface area contributed by atoms with Crippen molar-refractivity contribution in [2.24, 2.45) is 5.92 Å². The number of benzene rings is 8. The second-order valence-electron chi connectivity index (χ2n) is 13.1. The van der Waals surface area contributed by atoms with E-state index < -0.39 is 0 Å². The van der Waals surface area contributed by atoms with Gasteiger partial charge in [0, 0.05) is 12.2 Å². The third-order valence-corrected chi connectivity index (χ3v) is 9.45. The van der Waals surface area contributed by atoms with Gasteiger partial charge < -0.3 is 10.6 Å². The summed E-state index contributed by atoms with van der Waals surface area (Å²) >= 11 is 0. The quantitative estimate of drug-likeness (QED) is 0.142. The fraction of sp³-hybridized carbons (Fsp3) is 0.0870. The van der Waals surface area contributed by atoms with Gasteiger partial charge in [-0.1, -0.05) is 153 Å². The van der Waals surface area contributed by atoms with Crippen LogP contribution in [0.2, 0.25) is 0 Å². The van der Waals surface area contributed by atoms with Crippen molar-refractivity contribution in [1.82, 2.24) is 0 Å². The highest BCUT2D eigenvalue weighted by molar-refractivity contribution is 6.21. The lowest BCUT2D eigenvalue weighted by Gasteiger charge is -2.28. The lowest BCUT2D eigenvalue weighted by molar-refractivity contribution is 0.652. The van der Waals surface area contributed by atoms with Crippen LogP contribution in [0.5, 0.6) is 0 Å². The minimum Gasteiger partial charge on any atom is -0.397 e. The summed E-state index contributed by atoms with van der Waals surface area (Å²) in [6.07, 6.45) is 0. The van der Waals surface area contributed by atoms with E-state index in [4.69, 9.17) is 5.73 Å². The molecule has 0 radical (unpaired) electrons. The fourth-order valence-electron chi connectivity index (χ4n) is 7.29. The largest absolute Gasteiger partial charge is 0.397 e. The second-order valence-corrected chi connectivity index (χ2v) is 13.1. The van der Waals surface area contributed by atoms with Gasteiger partial charge in [0.15, 0.2) is 0 Å². The molecule has 2 N–H and O–H groups in total. The maximum atomic E-state index is 6.46. The highest BCUT2D eigenvalue weighted by Gasteiger charge is 2.18. The van der Waals surface area contributed by atoms with E-state index in [0.717, 1.165) is 23.6 Å². The Balaban J connectivity index is 1.25. The van der Waals surface area contributed by atoms with Crippen LogP contribution in [0.25, 0.3) is 65.7 Å². The standard InChI is InChI=1S/C46H38N2/c1-31(2)30-48(44-21-10-9-20-43(44)47)36-28-26-35(27-29-36)46-41-17-7-5-15-39(41)45(40-16-6-8-18-42(40)46)34-24-22-33(23-25-34)38-19-11-13-32-12-3-4-14-37(32)38/h3-29,31H,30,47H2,1-2H3. The molecule has 0 fully saturated rings. The van der Waals surface area contributed by atoms with Gasteiger partial charge in [0.05, 0.1) is 11.4 Å². The van der Waals surface area contributed by atoms with Crippen molar-refractivity contribution in [1.29, 1.82) is 0 Å². The molecule has 8 aromatic carbocycles. The topological polar surface area (TPSA) is 29.3 Å². The van der Waals surface area contributed by atoms with Crippen LogP contribution in [0.1, 0.15) is 13.8 Å². The summed E-state index contributed by atoms with van der Waals surface area (Å²) in [5.41, 5.74) is 16.9. The first-order valence-electron chi connectivity index (χ1n) is 16.8. The summed E-state index contributed by atoms with van der Waals surface area (Å²) in [6, 6.07) is 59.2. The molecule has 0 aliphatic rings. The van der Waals surface area contributed by atoms with E-state index in [9.17, 15) is 0 Å². The van der Waals surface area contributed by atoms with E-state index in [2.05, 4.69) is 170 Å². The molecule has 48 heavy (non-hydrogen) atoms. The van der Waals surface area contributed by atoms with Gasteiger partial charge in [-0.25, -0.2) is 0 Å². The van der Waals surface area contributed by atoms with Crippen molar-refractivity contribution in [3.63, 3.8) is 0 Å². The zero-order chi connectivity index (χ0) is 32.6. The summed E-state index contributed by atoms with van der Waals surface area (Å²) in [5, 5.41) is 7.56. The molecule has 232 valence electrons. The van der Waals surface area contributed by atoms with Crippen LogP contribution < -0.4 is 10.6 Å². The van der Waals surface area contributed by atoms with E-state index in [1.165, 1.54) is 65.7 Å². The molecule has 0 unspecified atom stereocenters. The molecule has 0 spiro atoms. The first-order valence-corrected chi connectivity index (χ1v) is 16.8. The Morgan fingerprint density at radius 2 is 0.917 bits per heavy atom. The molecular formula is C46H38N2. The van der Waals surface area contributed by atoms with Gasteiger partial charge >= 0.3 is 0 Å². The number of anilines is 3. The molecule has 0 bridgehead atoms. The molecule has 8 rings (SSSR count). The number of fused-ring (bicyclic) bond motifs is 3. The molecule has 0 aromatic heterocycles. The van der Waals surface area contributed by atoms with Gasteiger partial charge in [-0.05, 0) is 95.9 Å². The number of nitrogens with two attached hydrogens (primary N) is 1. The van der Waals surface area contributed by atoms with Crippen LogP contribution in [0.15, 0.2) is 164 Å². The number of hydrogen-bond acceptors (Lipinski definition) is 2. The SMILES string of the molecule is CC(C)CN(c1ccc(-c2c3ccccc3c(-c3ccc(-c4cccc5ccccc45)cc3)c3ccccc23)cc1)c1ccccc1N. The molecular weight excluding hydrogens is 581 g/mol. The van der Waals surface area contributed by atoms with Crippen molar-refractivity contribution in [3.05, 3.63) is 164 Å². The van der Waals surface area contributed by atoms with Crippen molar-refractivity contribution in [3.8, 4) is 33.4 Å². The Morgan fingerprint density at radius 3 is 1.48 bits per heavy atom. The molecule has 0 saturated carbocycles. The number of para-hydroxylation sites is 2. The van der Waals surface area contributed by atoms with E-state index in [0.29, 0.717) is 5.92 Å². The van der Waals surface area contributed by atoms with Crippen molar-refractivity contribution in [2.75, 3.05) is 17.2 Å². The minimum absolute atomic E-state index is 0.478. The van der Waals surface area contributed by atoms with Crippen molar-refractivity contribution >= 4 is 49.4 Å². The zero-order valence-corrected chi connectivity index (χ0v) is 27.4. The highest BCUT2D eigenvalue weighted by atomic mass is 15.1. The van der Waals surface area contributed by atoms with Crippen LogP contribution in [0.3, 0.4) is 0 Å². The maximum absolute atomic E-state index is 6.46. The van der Waals surface area contributed by atoms with E-state index in [1.54, 1.807) is 0 Å². The minimum atomic E-state index is 0.478. The van der Waals surface area contributed by atoms with Crippen LogP contribution >= 0.6 is 0 Å². The molecule has 0 atom stereocenters. The smallest absolute Gasteiger partial charge is 0.0644 e. The van der Waals surface area contributed by atoms with Crippen molar-refractivity contribution in [2.45, 2.75) is 13.8 Å². The Labute approximate surface area is 282 Å². The predicted octanol–water partition coefficient (Wildman–Crippen LogP) is 12.5. The first-order chi connectivity index (χ1) is 23.6. The summed E-state index contributed by atoms with van der Waals surface area (Å²) < 4.78 is 0. The van der Waals surface area contributed by atoms with Gasteiger partial charge in [-0.3, -0.25) is 0 Å². The molecule has 8 aromatic rings. The Morgan fingerprint density at radius 1 is 0.458 bits per heavy atom. The van der Waals surface area contributed by atoms with Gasteiger partial charge in [0.2, 0.25) is 0 Å². The van der Waals surface area contributed by atoms with E-state index in [-0.39, 0.29) is 0 Å². The molecule has 2 nitrogen and oxygen atoms in total. The molecule has 0 amide bonds. The molecule has 2 heteroatoms. The third kappa shape index (κ3) is 5.26. The first kappa shape index (κ1) is 29.5. The van der Waals surface area contributed by atoms with Gasteiger partial charge in [0.25, 0.3) is 0 Å². The summed E-state index contributed by atoms with van der Waals surface area (Å²) in [7, 11) is 0. The monoisotopic (exact) mass is 618 g/mol. The third-order valence-electron chi connectivity index (χ3n) is 9.45. The lowest BCUT2D eigenvalue weighted by atomic mass is 9.85. The lowest BCUT2D eigenvalue weighted by Crippen LogP contribution is -2.23. The normalized spacial score (nSPS) is 11.5. The average molecular weight is 619 g/mol. The molecule has 0 aliphatic carbocycles. The number of nitrogen functional groups attached to an aromatic ring is 1. The van der Waals surface area contributed by atoms with Crippen LogP contribution in [0, 0.1) is 5.92 Å². The number of rotatable bonds is 7. The average Bonchev–Trinajstić information content (AvgIpc) is 3.13. The molecule has 0 aliphatic heterocycles. The molecule has 0 saturated heterocycles. The van der Waals surface area contributed by atoms with Crippen molar-refractivity contribution < 1.29 is 0 Å². The van der Waals surface area contributed by atoms with E-state index in [1.807, 2.05) is 12.1 Å². The van der Waals surface area contributed by atoms with Crippen LogP contribution in [-0.2, 0) is 0 Å². The Bertz CT molecular complexity index is 2340. The van der Waals surface area contributed by atoms with Crippen LogP contribution in [-0.4, -0.2) is 6.54 Å². The van der Waals surface area contributed by atoms with Gasteiger partial charge in [-0.15, -0.1) is 0 Å². The summed E-state index contributed by atoms with van der Waals surface area (Å²) in [4.78, 5) is 2.34. The second kappa shape index (κ2) is 12.4. The predicted molar refractivity (Wildman–Crippen MR) is 208 cm³/mol. The zero-order valence-electron chi connectivity index (χ0n) is 27.4. The van der Waals surface area contributed by atoms with Gasteiger partial charge in [-0.2, -0.15) is 0 Å². The maximum Gasteiger partial charge on any atom is 0.0644 e. The van der Waals surface area contributed by atoms with Gasteiger partial charge in [0.1, 0.15) is 0 Å². The van der Waals surface area contributed by atoms with Crippen LogP contribution in [0.4, 0.5) is 17.1 Å². The fourth-order valence-corrected chi connectivity index (χ4v) is 7.29. The number of hydrogen-bond donors (Lipinski definition) is 1. The highest BCUT2D eigenvalue weighted by Crippen LogP contribution is 2.44. The molecule has 0 heterocycles. The summed E-state index contributed by atoms with van der Waals surface area (Å²) in [5.74, 6) is 0.478. The van der Waals surface area contributed by atoms with E-state index >= 15 is 0 Å². The Hall–Kier alpha value is -5.86. The Kier molecular flexibility index (Phi) is 7.62.